The summed E-state index contributed by atoms with van der Waals surface area (Å²) in [7, 11) is 1.54. The topological polar surface area (TPSA) is 64.6 Å². The van der Waals surface area contributed by atoms with E-state index >= 15 is 0 Å². The zero-order chi connectivity index (χ0) is 13.5. The Kier molecular flexibility index (Phi) is 4.92. The molecule has 1 N–H and O–H groups in total. The number of benzene rings is 1. The van der Waals surface area contributed by atoms with Gasteiger partial charge in [-0.2, -0.15) is 0 Å². The van der Waals surface area contributed by atoms with E-state index in [9.17, 15) is 9.59 Å². The van der Waals surface area contributed by atoms with Gasteiger partial charge < -0.3 is 14.8 Å². The van der Waals surface area contributed by atoms with Gasteiger partial charge in [-0.25, -0.2) is 0 Å². The van der Waals surface area contributed by atoms with E-state index in [0.717, 1.165) is 0 Å². The smallest absolute Gasteiger partial charge is 0.307 e. The van der Waals surface area contributed by atoms with Crippen LogP contribution in [-0.2, 0) is 14.3 Å². The number of carbonyl (C=O) groups is 2. The Morgan fingerprint density at radius 2 is 2.00 bits per heavy atom. The normalized spacial score (nSPS) is 10.2. The quantitative estimate of drug-likeness (QED) is 0.656. The molecule has 1 aromatic rings. The standard InChI is InChI=1S/C13H15NO4/c1-9(15)14-13-8-12(17-3)5-4-11(13)6-7-18-10(2)16/h4-8H,1-3H3,(H,14,15)/b7-6+. The maximum Gasteiger partial charge on any atom is 0.307 e. The van der Waals surface area contributed by atoms with Gasteiger partial charge in [0.25, 0.3) is 0 Å². The first kappa shape index (κ1) is 13.8. The predicted octanol–water partition coefficient (Wildman–Crippen LogP) is 2.19. The monoisotopic (exact) mass is 249 g/mol. The van der Waals surface area contributed by atoms with E-state index in [4.69, 9.17) is 9.47 Å². The van der Waals surface area contributed by atoms with Crippen LogP contribution in [0.1, 0.15) is 19.4 Å². The van der Waals surface area contributed by atoms with Gasteiger partial charge in [0, 0.05) is 25.5 Å². The fourth-order valence-electron chi connectivity index (χ4n) is 1.31. The molecule has 0 aliphatic carbocycles. The van der Waals surface area contributed by atoms with Crippen LogP contribution >= 0.6 is 0 Å². The summed E-state index contributed by atoms with van der Waals surface area (Å²) in [4.78, 5) is 21.7. The maximum absolute atomic E-state index is 11.1. The SMILES string of the molecule is COc1ccc(/C=C/OC(C)=O)c(NC(C)=O)c1. The molecule has 1 aromatic carbocycles. The Morgan fingerprint density at radius 1 is 1.28 bits per heavy atom. The van der Waals surface area contributed by atoms with Crippen molar-refractivity contribution in [2.24, 2.45) is 0 Å². The van der Waals surface area contributed by atoms with Crippen LogP contribution in [0.4, 0.5) is 5.69 Å². The Hall–Kier alpha value is -2.30. The lowest BCUT2D eigenvalue weighted by molar-refractivity contribution is -0.135. The minimum atomic E-state index is -0.402. The van der Waals surface area contributed by atoms with E-state index in [1.807, 2.05) is 0 Å². The number of amides is 1. The molecule has 0 aliphatic rings. The van der Waals surface area contributed by atoms with Crippen LogP contribution < -0.4 is 10.1 Å². The van der Waals surface area contributed by atoms with Crippen LogP contribution in [0.2, 0.25) is 0 Å². The zero-order valence-corrected chi connectivity index (χ0v) is 10.5. The maximum atomic E-state index is 11.1. The first-order chi connectivity index (χ1) is 8.52. The molecular weight excluding hydrogens is 234 g/mol. The second kappa shape index (κ2) is 6.44. The molecule has 96 valence electrons. The van der Waals surface area contributed by atoms with E-state index in [1.165, 1.54) is 20.1 Å². The van der Waals surface area contributed by atoms with Gasteiger partial charge in [0.15, 0.2) is 0 Å². The summed E-state index contributed by atoms with van der Waals surface area (Å²) < 4.78 is 9.77. The highest BCUT2D eigenvalue weighted by atomic mass is 16.5. The average molecular weight is 249 g/mol. The van der Waals surface area contributed by atoms with Crippen LogP contribution in [0, 0.1) is 0 Å². The molecule has 0 saturated heterocycles. The molecule has 0 spiro atoms. The second-order valence-electron chi connectivity index (χ2n) is 3.55. The van der Waals surface area contributed by atoms with Gasteiger partial charge in [-0.05, 0) is 18.2 Å². The third-order valence-corrected chi connectivity index (χ3v) is 2.05. The van der Waals surface area contributed by atoms with E-state index in [1.54, 1.807) is 31.4 Å². The van der Waals surface area contributed by atoms with Crippen LogP contribution in [0.25, 0.3) is 6.08 Å². The number of anilines is 1. The number of methoxy groups -OCH3 is 1. The summed E-state index contributed by atoms with van der Waals surface area (Å²) in [6, 6.07) is 5.19. The van der Waals surface area contributed by atoms with Gasteiger partial charge in [0.2, 0.25) is 5.91 Å². The lowest BCUT2D eigenvalue weighted by atomic mass is 10.1. The van der Waals surface area contributed by atoms with Crippen molar-refractivity contribution < 1.29 is 19.1 Å². The van der Waals surface area contributed by atoms with Crippen molar-refractivity contribution in [2.45, 2.75) is 13.8 Å². The average Bonchev–Trinajstić information content (AvgIpc) is 2.29. The van der Waals surface area contributed by atoms with Crippen molar-refractivity contribution in [3.05, 3.63) is 30.0 Å². The molecule has 0 bridgehead atoms. The molecule has 0 atom stereocenters. The van der Waals surface area contributed by atoms with Crippen molar-refractivity contribution >= 4 is 23.6 Å². The molecular formula is C13H15NO4. The zero-order valence-electron chi connectivity index (χ0n) is 10.5. The summed E-state index contributed by atoms with van der Waals surface area (Å²) in [5.74, 6) is 0.0367. The molecule has 18 heavy (non-hydrogen) atoms. The number of carbonyl (C=O) groups excluding carboxylic acids is 2. The van der Waals surface area contributed by atoms with Gasteiger partial charge in [0.1, 0.15) is 5.75 Å². The highest BCUT2D eigenvalue weighted by Crippen LogP contribution is 2.23. The molecule has 0 aromatic heterocycles. The van der Waals surface area contributed by atoms with Gasteiger partial charge in [-0.3, -0.25) is 9.59 Å². The Bertz CT molecular complexity index is 480. The van der Waals surface area contributed by atoms with Crippen molar-refractivity contribution in [1.82, 2.24) is 0 Å². The number of hydrogen-bond acceptors (Lipinski definition) is 4. The third kappa shape index (κ3) is 4.29. The molecule has 5 heteroatoms. The van der Waals surface area contributed by atoms with Gasteiger partial charge in [-0.1, -0.05) is 0 Å². The summed E-state index contributed by atoms with van der Waals surface area (Å²) in [5.41, 5.74) is 1.30. The number of esters is 1. The summed E-state index contributed by atoms with van der Waals surface area (Å²) in [6.45, 7) is 2.73. The third-order valence-electron chi connectivity index (χ3n) is 2.05. The molecule has 0 heterocycles. The van der Waals surface area contributed by atoms with Crippen LogP contribution in [0.3, 0.4) is 0 Å². The Balaban J connectivity index is 2.97. The molecule has 1 rings (SSSR count). The van der Waals surface area contributed by atoms with Crippen molar-refractivity contribution in [3.8, 4) is 5.75 Å². The molecule has 0 saturated carbocycles. The van der Waals surface area contributed by atoms with Crippen LogP contribution in [0.15, 0.2) is 24.5 Å². The number of nitrogens with one attached hydrogen (secondary N) is 1. The summed E-state index contributed by atoms with van der Waals surface area (Å²) in [5, 5.41) is 2.68. The Labute approximate surface area is 105 Å². The fraction of sp³-hybridized carbons (Fsp3) is 0.231. The van der Waals surface area contributed by atoms with Crippen LogP contribution in [0.5, 0.6) is 5.75 Å². The number of hydrogen-bond donors (Lipinski definition) is 1. The molecule has 0 unspecified atom stereocenters. The van der Waals surface area contributed by atoms with Gasteiger partial charge in [0.05, 0.1) is 19.1 Å². The Morgan fingerprint density at radius 3 is 2.56 bits per heavy atom. The molecule has 0 fully saturated rings. The molecule has 1 amide bonds. The predicted molar refractivity (Wildman–Crippen MR) is 68.1 cm³/mol. The molecule has 0 radical (unpaired) electrons. The van der Waals surface area contributed by atoms with E-state index < -0.39 is 5.97 Å². The fourth-order valence-corrected chi connectivity index (χ4v) is 1.31. The first-order valence-corrected chi connectivity index (χ1v) is 5.32. The summed E-state index contributed by atoms with van der Waals surface area (Å²) >= 11 is 0. The lowest BCUT2D eigenvalue weighted by Crippen LogP contribution is -2.07. The number of rotatable bonds is 4. The minimum absolute atomic E-state index is 0.189. The van der Waals surface area contributed by atoms with Gasteiger partial charge in [-0.15, -0.1) is 0 Å². The van der Waals surface area contributed by atoms with Crippen molar-refractivity contribution in [2.75, 3.05) is 12.4 Å². The largest absolute Gasteiger partial charge is 0.497 e. The van der Waals surface area contributed by atoms with Gasteiger partial charge >= 0.3 is 5.97 Å². The van der Waals surface area contributed by atoms with Crippen LogP contribution in [-0.4, -0.2) is 19.0 Å². The van der Waals surface area contributed by atoms with E-state index in [2.05, 4.69) is 5.32 Å². The summed E-state index contributed by atoms with van der Waals surface area (Å²) in [6.07, 6.45) is 2.86. The molecule has 0 aliphatic heterocycles. The van der Waals surface area contributed by atoms with E-state index in [0.29, 0.717) is 17.0 Å². The highest BCUT2D eigenvalue weighted by Gasteiger charge is 2.04. The molecule has 5 nitrogen and oxygen atoms in total. The minimum Gasteiger partial charge on any atom is -0.497 e. The highest BCUT2D eigenvalue weighted by molar-refractivity contribution is 5.91. The second-order valence-corrected chi connectivity index (χ2v) is 3.55. The van der Waals surface area contributed by atoms with Crippen molar-refractivity contribution in [1.29, 1.82) is 0 Å². The van der Waals surface area contributed by atoms with E-state index in [-0.39, 0.29) is 5.91 Å². The first-order valence-electron chi connectivity index (χ1n) is 5.32. The number of ether oxygens (including phenoxy) is 2. The van der Waals surface area contributed by atoms with Crippen molar-refractivity contribution in [3.63, 3.8) is 0 Å². The lowest BCUT2D eigenvalue weighted by Gasteiger charge is -2.08.